The summed E-state index contributed by atoms with van der Waals surface area (Å²) in [6, 6.07) is 15.7. The Morgan fingerprint density at radius 3 is 2.41 bits per heavy atom. The largest absolute Gasteiger partial charge is 0.508 e. The van der Waals surface area contributed by atoms with E-state index in [1.165, 1.54) is 55.5 Å². The highest BCUT2D eigenvalue weighted by Gasteiger charge is 2.47. The van der Waals surface area contributed by atoms with Crippen molar-refractivity contribution in [2.75, 3.05) is 25.7 Å². The van der Waals surface area contributed by atoms with Crippen LogP contribution in [0.15, 0.2) is 72.3 Å². The van der Waals surface area contributed by atoms with Crippen LogP contribution in [0.1, 0.15) is 34.5 Å². The van der Waals surface area contributed by atoms with E-state index in [-0.39, 0.29) is 40.5 Å². The van der Waals surface area contributed by atoms with Crippen molar-refractivity contribution < 1.29 is 38.8 Å². The second-order valence-corrected chi connectivity index (χ2v) is 8.10. The molecule has 190 valence electrons. The van der Waals surface area contributed by atoms with Crippen LogP contribution >= 0.6 is 0 Å². The van der Waals surface area contributed by atoms with Crippen LogP contribution in [0, 0.1) is 0 Å². The zero-order valence-electron chi connectivity index (χ0n) is 20.4. The number of ether oxygens (including phenoxy) is 3. The second-order valence-electron chi connectivity index (χ2n) is 8.10. The minimum absolute atomic E-state index is 0.0922. The standard InChI is InChI=1S/C28H25NO8/c1-4-37-28(34)17-8-5-9-18(13-17)29-24(16-7-6-10-19(30)14-16)23(26(32)27(29)33)25(31)21-12-11-20(35-2)15-22(21)36-3/h5-15,24,30-31H,4H2,1-3H3/b25-23-. The zero-order valence-corrected chi connectivity index (χ0v) is 20.4. The highest BCUT2D eigenvalue weighted by atomic mass is 16.5. The number of carbonyl (C=O) groups excluding carboxylic acids is 3. The molecule has 1 saturated heterocycles. The number of hydrogen-bond donors (Lipinski definition) is 2. The number of benzene rings is 3. The number of aromatic hydroxyl groups is 1. The van der Waals surface area contributed by atoms with Gasteiger partial charge in [-0.3, -0.25) is 14.5 Å². The normalized spacial score (nSPS) is 16.5. The summed E-state index contributed by atoms with van der Waals surface area (Å²) < 4.78 is 15.7. The Labute approximate surface area is 213 Å². The molecule has 9 heteroatoms. The molecule has 37 heavy (non-hydrogen) atoms. The van der Waals surface area contributed by atoms with Gasteiger partial charge in [0.25, 0.3) is 11.7 Å². The van der Waals surface area contributed by atoms with Crippen molar-refractivity contribution in [1.29, 1.82) is 0 Å². The summed E-state index contributed by atoms with van der Waals surface area (Å²) in [5.74, 6) is -2.30. The number of rotatable bonds is 7. The third-order valence-corrected chi connectivity index (χ3v) is 5.93. The molecule has 0 aliphatic carbocycles. The maximum Gasteiger partial charge on any atom is 0.338 e. The van der Waals surface area contributed by atoms with E-state index < -0.39 is 29.5 Å². The summed E-state index contributed by atoms with van der Waals surface area (Å²) in [7, 11) is 2.88. The van der Waals surface area contributed by atoms with E-state index >= 15 is 0 Å². The van der Waals surface area contributed by atoms with Crippen LogP contribution in [0.3, 0.4) is 0 Å². The Morgan fingerprint density at radius 1 is 0.973 bits per heavy atom. The number of esters is 1. The van der Waals surface area contributed by atoms with Crippen LogP contribution < -0.4 is 14.4 Å². The number of carbonyl (C=O) groups is 3. The van der Waals surface area contributed by atoms with E-state index in [0.29, 0.717) is 11.3 Å². The lowest BCUT2D eigenvalue weighted by Gasteiger charge is -2.26. The molecular formula is C28H25NO8. The lowest BCUT2D eigenvalue weighted by atomic mass is 9.94. The van der Waals surface area contributed by atoms with Crippen molar-refractivity contribution in [3.8, 4) is 17.2 Å². The monoisotopic (exact) mass is 503 g/mol. The van der Waals surface area contributed by atoms with Gasteiger partial charge in [-0.1, -0.05) is 18.2 Å². The number of phenolic OH excluding ortho intramolecular Hbond substituents is 1. The highest BCUT2D eigenvalue weighted by molar-refractivity contribution is 6.51. The molecule has 1 amide bonds. The average molecular weight is 504 g/mol. The van der Waals surface area contributed by atoms with Crippen LogP contribution in [-0.2, 0) is 14.3 Å². The van der Waals surface area contributed by atoms with E-state index in [9.17, 15) is 24.6 Å². The number of amides is 1. The van der Waals surface area contributed by atoms with Crippen molar-refractivity contribution in [1.82, 2.24) is 0 Å². The molecule has 1 aliphatic heterocycles. The van der Waals surface area contributed by atoms with E-state index in [0.717, 1.165) is 0 Å². The van der Waals surface area contributed by atoms with Crippen LogP contribution in [0.25, 0.3) is 5.76 Å². The number of aliphatic hydroxyl groups is 1. The first-order valence-electron chi connectivity index (χ1n) is 11.4. The molecule has 0 radical (unpaired) electrons. The van der Waals surface area contributed by atoms with Gasteiger partial charge in [0.2, 0.25) is 0 Å². The number of Topliss-reactive ketones (excluding diaryl/α,β-unsaturated/α-hetero) is 1. The van der Waals surface area contributed by atoms with E-state index in [2.05, 4.69) is 0 Å². The Bertz CT molecular complexity index is 1410. The van der Waals surface area contributed by atoms with Gasteiger partial charge in [-0.2, -0.15) is 0 Å². The zero-order chi connectivity index (χ0) is 26.7. The molecule has 1 aliphatic rings. The number of methoxy groups -OCH3 is 2. The van der Waals surface area contributed by atoms with E-state index in [4.69, 9.17) is 14.2 Å². The number of phenols is 1. The molecule has 0 spiro atoms. The summed E-state index contributed by atoms with van der Waals surface area (Å²) in [4.78, 5) is 40.3. The van der Waals surface area contributed by atoms with Crippen molar-refractivity contribution in [3.63, 3.8) is 0 Å². The molecule has 0 aromatic heterocycles. The summed E-state index contributed by atoms with van der Waals surface area (Å²) in [6.07, 6.45) is 0. The van der Waals surface area contributed by atoms with Gasteiger partial charge in [0, 0.05) is 11.8 Å². The molecule has 0 bridgehead atoms. The smallest absolute Gasteiger partial charge is 0.338 e. The summed E-state index contributed by atoms with van der Waals surface area (Å²) >= 11 is 0. The minimum atomic E-state index is -1.11. The van der Waals surface area contributed by atoms with E-state index in [1.807, 2.05) is 0 Å². The maximum absolute atomic E-state index is 13.4. The fourth-order valence-corrected chi connectivity index (χ4v) is 4.25. The number of nitrogens with zero attached hydrogens (tertiary/aromatic N) is 1. The molecule has 1 unspecified atom stereocenters. The Kier molecular flexibility index (Phi) is 7.15. The summed E-state index contributed by atoms with van der Waals surface area (Å²) in [5.41, 5.74) is 0.761. The number of hydrogen-bond acceptors (Lipinski definition) is 8. The quantitative estimate of drug-likeness (QED) is 0.213. The average Bonchev–Trinajstić information content (AvgIpc) is 3.18. The van der Waals surface area contributed by atoms with Gasteiger partial charge in [-0.15, -0.1) is 0 Å². The topological polar surface area (TPSA) is 123 Å². The fraction of sp³-hybridized carbons (Fsp3) is 0.179. The highest BCUT2D eigenvalue weighted by Crippen LogP contribution is 2.44. The van der Waals surface area contributed by atoms with Crippen LogP contribution in [0.2, 0.25) is 0 Å². The van der Waals surface area contributed by atoms with Crippen molar-refractivity contribution in [2.24, 2.45) is 0 Å². The second kappa shape index (κ2) is 10.4. The van der Waals surface area contributed by atoms with Gasteiger partial charge >= 0.3 is 5.97 Å². The number of ketones is 1. The fourth-order valence-electron chi connectivity index (χ4n) is 4.25. The first kappa shape index (κ1) is 25.3. The number of anilines is 1. The molecule has 1 heterocycles. The Morgan fingerprint density at radius 2 is 1.73 bits per heavy atom. The van der Waals surface area contributed by atoms with Crippen LogP contribution in [0.5, 0.6) is 17.2 Å². The molecule has 3 aromatic carbocycles. The van der Waals surface area contributed by atoms with Crippen molar-refractivity contribution in [3.05, 3.63) is 89.0 Å². The van der Waals surface area contributed by atoms with Gasteiger partial charge in [-0.25, -0.2) is 4.79 Å². The maximum atomic E-state index is 13.4. The molecule has 2 N–H and O–H groups in total. The number of aliphatic hydroxyl groups excluding tert-OH is 1. The third-order valence-electron chi connectivity index (χ3n) is 5.93. The lowest BCUT2D eigenvalue weighted by Crippen LogP contribution is -2.29. The Balaban J connectivity index is 1.94. The van der Waals surface area contributed by atoms with Crippen LogP contribution in [0.4, 0.5) is 5.69 Å². The first-order chi connectivity index (χ1) is 17.8. The van der Waals surface area contributed by atoms with Crippen LogP contribution in [-0.4, -0.2) is 48.7 Å². The predicted octanol–water partition coefficient (Wildman–Crippen LogP) is 4.21. The first-order valence-corrected chi connectivity index (χ1v) is 11.4. The predicted molar refractivity (Wildman–Crippen MR) is 135 cm³/mol. The minimum Gasteiger partial charge on any atom is -0.508 e. The molecule has 0 saturated carbocycles. The molecule has 1 atom stereocenters. The third kappa shape index (κ3) is 4.71. The van der Waals surface area contributed by atoms with Gasteiger partial charge in [0.1, 0.15) is 23.0 Å². The van der Waals surface area contributed by atoms with E-state index in [1.54, 1.807) is 37.3 Å². The molecule has 9 nitrogen and oxygen atoms in total. The molecule has 1 fully saturated rings. The van der Waals surface area contributed by atoms with Gasteiger partial charge in [-0.05, 0) is 55.0 Å². The molecule has 4 rings (SSSR count). The lowest BCUT2D eigenvalue weighted by molar-refractivity contribution is -0.132. The molecule has 3 aromatic rings. The van der Waals surface area contributed by atoms with Gasteiger partial charge in [0.05, 0.1) is 43.6 Å². The van der Waals surface area contributed by atoms with Gasteiger partial charge < -0.3 is 24.4 Å². The summed E-state index contributed by atoms with van der Waals surface area (Å²) in [6.45, 7) is 1.84. The van der Waals surface area contributed by atoms with Crippen molar-refractivity contribution >= 4 is 29.1 Å². The van der Waals surface area contributed by atoms with Crippen molar-refractivity contribution in [2.45, 2.75) is 13.0 Å². The van der Waals surface area contributed by atoms with Gasteiger partial charge in [0.15, 0.2) is 0 Å². The Hall–Kier alpha value is -4.79. The SMILES string of the molecule is CCOC(=O)c1cccc(N2C(=O)C(=O)/C(=C(\O)c3ccc(OC)cc3OC)C2c2cccc(O)c2)c1. The molecular weight excluding hydrogens is 478 g/mol. The summed E-state index contributed by atoms with van der Waals surface area (Å²) in [5, 5.41) is 21.5.